The van der Waals surface area contributed by atoms with Crippen LogP contribution in [0.25, 0.3) is 22.3 Å². The molecule has 1 atom stereocenters. The van der Waals surface area contributed by atoms with Crippen molar-refractivity contribution in [1.29, 1.82) is 0 Å². The molecule has 1 aliphatic rings. The third kappa shape index (κ3) is 6.37. The molecule has 1 saturated heterocycles. The van der Waals surface area contributed by atoms with Crippen LogP contribution < -0.4 is 0 Å². The van der Waals surface area contributed by atoms with E-state index in [1.54, 1.807) is 12.4 Å². The molecule has 0 bridgehead atoms. The Balaban J connectivity index is 0.000000421. The van der Waals surface area contributed by atoms with Crippen molar-refractivity contribution in [2.45, 2.75) is 38.6 Å². The van der Waals surface area contributed by atoms with Gasteiger partial charge in [-0.2, -0.15) is 0 Å². The van der Waals surface area contributed by atoms with Crippen molar-refractivity contribution in [3.63, 3.8) is 0 Å². The van der Waals surface area contributed by atoms with E-state index in [0.29, 0.717) is 11.1 Å². The van der Waals surface area contributed by atoms with E-state index in [9.17, 15) is 4.79 Å². The highest BCUT2D eigenvalue weighted by molar-refractivity contribution is 6.33. The van der Waals surface area contributed by atoms with E-state index in [0.717, 1.165) is 54.5 Å². The molecule has 4 heteroatoms. The number of pyridine rings is 1. The molecular weight excluding hydrogens is 452 g/mol. The fraction of sp³-hybridized carbons (Fsp3) is 0.226. The number of benzene rings is 3. The lowest BCUT2D eigenvalue weighted by molar-refractivity contribution is 0.0730. The van der Waals surface area contributed by atoms with Crippen molar-refractivity contribution in [2.75, 3.05) is 6.54 Å². The highest BCUT2D eigenvalue weighted by Gasteiger charge is 2.28. The van der Waals surface area contributed by atoms with Crippen molar-refractivity contribution in [2.24, 2.45) is 0 Å². The zero-order chi connectivity index (χ0) is 24.5. The van der Waals surface area contributed by atoms with Crippen LogP contribution in [0, 0.1) is 0 Å². The van der Waals surface area contributed by atoms with E-state index < -0.39 is 0 Å². The Morgan fingerprint density at radius 3 is 2.17 bits per heavy atom. The lowest BCUT2D eigenvalue weighted by Gasteiger charge is -2.24. The number of likely N-dealkylation sites (tertiary alicyclic amines) is 1. The number of halogens is 1. The molecule has 0 saturated carbocycles. The van der Waals surface area contributed by atoms with Crippen LogP contribution in [-0.4, -0.2) is 28.4 Å². The van der Waals surface area contributed by atoms with Crippen LogP contribution in [0.15, 0.2) is 103 Å². The molecule has 178 valence electrons. The molecule has 3 aromatic carbocycles. The van der Waals surface area contributed by atoms with Crippen molar-refractivity contribution in [3.05, 3.63) is 114 Å². The number of aromatic nitrogens is 1. The summed E-state index contributed by atoms with van der Waals surface area (Å²) in [5.74, 6) is 0.125. The second kappa shape index (κ2) is 12.3. The summed E-state index contributed by atoms with van der Waals surface area (Å²) < 4.78 is 0. The maximum absolute atomic E-state index is 13.1. The first-order valence-corrected chi connectivity index (χ1v) is 12.7. The molecule has 3 nitrogen and oxygen atoms in total. The van der Waals surface area contributed by atoms with Gasteiger partial charge in [0.1, 0.15) is 0 Å². The fourth-order valence-corrected chi connectivity index (χ4v) is 4.79. The van der Waals surface area contributed by atoms with Crippen molar-refractivity contribution >= 4 is 17.5 Å². The van der Waals surface area contributed by atoms with E-state index in [1.165, 1.54) is 5.56 Å². The molecule has 35 heavy (non-hydrogen) atoms. The minimum atomic E-state index is 0.125. The van der Waals surface area contributed by atoms with E-state index >= 15 is 0 Å². The Morgan fingerprint density at radius 2 is 1.54 bits per heavy atom. The standard InChI is InChI=1S/C26H26ClNO.C5H5N/c1-2-7-23-10-6-17-28(23)26(29)22-15-16-25(27)24(18-22)21-13-11-20(12-14-21)19-8-4-3-5-9-19;1-2-4-6-5-3-1/h3-5,8-9,11-16,18,23H,2,6-7,10,17H2,1H3;1-5H. The summed E-state index contributed by atoms with van der Waals surface area (Å²) in [6.45, 7) is 3.04. The first-order valence-electron chi connectivity index (χ1n) is 12.3. The first-order chi connectivity index (χ1) is 17.2. The summed E-state index contributed by atoms with van der Waals surface area (Å²) in [6.07, 6.45) is 7.89. The van der Waals surface area contributed by atoms with Gasteiger partial charge < -0.3 is 4.90 Å². The van der Waals surface area contributed by atoms with Crippen LogP contribution >= 0.6 is 11.6 Å². The molecule has 4 aromatic rings. The van der Waals surface area contributed by atoms with Crippen molar-refractivity contribution < 1.29 is 4.79 Å². The number of hydrogen-bond donors (Lipinski definition) is 0. The highest BCUT2D eigenvalue weighted by atomic mass is 35.5. The van der Waals surface area contributed by atoms with Crippen LogP contribution in [0.5, 0.6) is 0 Å². The van der Waals surface area contributed by atoms with Gasteiger partial charge >= 0.3 is 0 Å². The molecule has 0 spiro atoms. The quantitative estimate of drug-likeness (QED) is 0.287. The largest absolute Gasteiger partial charge is 0.336 e. The Kier molecular flexibility index (Phi) is 8.69. The monoisotopic (exact) mass is 482 g/mol. The summed E-state index contributed by atoms with van der Waals surface area (Å²) in [7, 11) is 0. The molecule has 2 heterocycles. The molecule has 5 rings (SSSR count). The van der Waals surface area contributed by atoms with E-state index in [4.69, 9.17) is 11.6 Å². The number of amides is 1. The number of carbonyl (C=O) groups excluding carboxylic acids is 1. The predicted molar refractivity (Wildman–Crippen MR) is 146 cm³/mol. The molecule has 1 amide bonds. The van der Waals surface area contributed by atoms with Gasteiger partial charge in [-0.1, -0.05) is 85.6 Å². The molecule has 1 unspecified atom stereocenters. The predicted octanol–water partition coefficient (Wildman–Crippen LogP) is 8.16. The van der Waals surface area contributed by atoms with Crippen LogP contribution in [0.2, 0.25) is 5.02 Å². The number of nitrogens with zero attached hydrogens (tertiary/aromatic N) is 2. The Hall–Kier alpha value is -3.43. The van der Waals surface area contributed by atoms with Crippen LogP contribution in [-0.2, 0) is 0 Å². The van der Waals surface area contributed by atoms with Crippen LogP contribution in [0.3, 0.4) is 0 Å². The third-order valence-electron chi connectivity index (χ3n) is 6.34. The average Bonchev–Trinajstić information content (AvgIpc) is 3.39. The van der Waals surface area contributed by atoms with E-state index in [1.807, 2.05) is 54.6 Å². The van der Waals surface area contributed by atoms with Crippen LogP contribution in [0.4, 0.5) is 0 Å². The van der Waals surface area contributed by atoms with Gasteiger partial charge in [0.15, 0.2) is 0 Å². The summed E-state index contributed by atoms with van der Waals surface area (Å²) in [5.41, 5.74) is 5.00. The van der Waals surface area contributed by atoms with E-state index in [-0.39, 0.29) is 5.91 Å². The molecule has 0 aliphatic carbocycles. The first kappa shape index (κ1) is 24.7. The van der Waals surface area contributed by atoms with Crippen molar-refractivity contribution in [3.8, 4) is 22.3 Å². The Morgan fingerprint density at radius 1 is 0.886 bits per heavy atom. The maximum Gasteiger partial charge on any atom is 0.254 e. The average molecular weight is 483 g/mol. The second-order valence-corrected chi connectivity index (χ2v) is 9.15. The highest BCUT2D eigenvalue weighted by Crippen LogP contribution is 2.32. The summed E-state index contributed by atoms with van der Waals surface area (Å²) >= 11 is 6.51. The summed E-state index contributed by atoms with van der Waals surface area (Å²) in [4.78, 5) is 19.0. The van der Waals surface area contributed by atoms with Gasteiger partial charge in [-0.05, 0) is 66.3 Å². The molecule has 1 fully saturated rings. The molecular formula is C31H31ClN2O. The van der Waals surface area contributed by atoms with Gasteiger partial charge in [0.05, 0.1) is 0 Å². The van der Waals surface area contributed by atoms with Gasteiger partial charge in [0, 0.05) is 41.1 Å². The van der Waals surface area contributed by atoms with Gasteiger partial charge in [-0.3, -0.25) is 9.78 Å². The molecule has 0 N–H and O–H groups in total. The number of carbonyl (C=O) groups is 1. The number of hydrogen-bond acceptors (Lipinski definition) is 2. The SMILES string of the molecule is CCCC1CCCN1C(=O)c1ccc(Cl)c(-c2ccc(-c3ccccc3)cc2)c1.c1ccncc1. The maximum atomic E-state index is 13.1. The van der Waals surface area contributed by atoms with Gasteiger partial charge in [0.25, 0.3) is 5.91 Å². The topological polar surface area (TPSA) is 33.2 Å². The lowest BCUT2D eigenvalue weighted by atomic mass is 9.98. The normalized spacial score (nSPS) is 14.8. The van der Waals surface area contributed by atoms with E-state index in [2.05, 4.69) is 53.2 Å². The fourth-order valence-electron chi connectivity index (χ4n) is 4.57. The van der Waals surface area contributed by atoms with Gasteiger partial charge in [0.2, 0.25) is 0 Å². The second-order valence-electron chi connectivity index (χ2n) is 8.75. The van der Waals surface area contributed by atoms with Crippen LogP contribution in [0.1, 0.15) is 43.0 Å². The Bertz CT molecular complexity index is 1180. The third-order valence-corrected chi connectivity index (χ3v) is 6.67. The molecule has 1 aromatic heterocycles. The van der Waals surface area contributed by atoms with Crippen molar-refractivity contribution in [1.82, 2.24) is 9.88 Å². The minimum absolute atomic E-state index is 0.125. The minimum Gasteiger partial charge on any atom is -0.336 e. The smallest absolute Gasteiger partial charge is 0.254 e. The molecule has 0 radical (unpaired) electrons. The zero-order valence-electron chi connectivity index (χ0n) is 20.1. The summed E-state index contributed by atoms with van der Waals surface area (Å²) in [6, 6.07) is 30.4. The Labute approximate surface area is 213 Å². The van der Waals surface area contributed by atoms with Gasteiger partial charge in [-0.15, -0.1) is 0 Å². The van der Waals surface area contributed by atoms with Gasteiger partial charge in [-0.25, -0.2) is 0 Å². The zero-order valence-corrected chi connectivity index (χ0v) is 20.9. The number of rotatable bonds is 5. The summed E-state index contributed by atoms with van der Waals surface area (Å²) in [5, 5.41) is 0.667. The lowest BCUT2D eigenvalue weighted by Crippen LogP contribution is -2.35. The molecule has 1 aliphatic heterocycles.